The third-order valence-corrected chi connectivity index (χ3v) is 3.40. The van der Waals surface area contributed by atoms with E-state index < -0.39 is 6.10 Å². The van der Waals surface area contributed by atoms with Crippen LogP contribution in [0.3, 0.4) is 0 Å². The topological polar surface area (TPSA) is 41.8 Å². The van der Waals surface area contributed by atoms with Gasteiger partial charge in [0.25, 0.3) is 0 Å². The molecule has 1 atom stereocenters. The second-order valence-corrected chi connectivity index (χ2v) is 5.29. The highest BCUT2D eigenvalue weighted by atomic mass is 16.6. The fourth-order valence-corrected chi connectivity index (χ4v) is 2.26. The lowest BCUT2D eigenvalue weighted by molar-refractivity contribution is 0.0389. The van der Waals surface area contributed by atoms with Gasteiger partial charge in [0.05, 0.1) is 5.71 Å². The molecule has 3 nitrogen and oxygen atoms in total. The molecule has 116 valence electrons. The molecule has 0 unspecified atom stereocenters. The lowest BCUT2D eigenvalue weighted by atomic mass is 10.1. The lowest BCUT2D eigenvalue weighted by Gasteiger charge is -2.10. The van der Waals surface area contributed by atoms with Crippen molar-refractivity contribution in [3.8, 4) is 0 Å². The van der Waals surface area contributed by atoms with E-state index in [1.54, 1.807) is 0 Å². The van der Waals surface area contributed by atoms with Crippen LogP contribution < -0.4 is 0 Å². The summed E-state index contributed by atoms with van der Waals surface area (Å²) in [5.41, 5.74) is 3.08. The van der Waals surface area contributed by atoms with Crippen molar-refractivity contribution in [2.24, 2.45) is 5.16 Å². The number of nitrogens with zero attached hydrogens (tertiary/aromatic N) is 1. The van der Waals surface area contributed by atoms with E-state index in [2.05, 4.69) is 24.2 Å². The molecule has 22 heavy (non-hydrogen) atoms. The van der Waals surface area contributed by atoms with Crippen molar-refractivity contribution in [2.45, 2.75) is 32.3 Å². The Labute approximate surface area is 132 Å². The van der Waals surface area contributed by atoms with Crippen LogP contribution in [0.25, 0.3) is 0 Å². The number of aliphatic hydroxyl groups excluding tert-OH is 1. The zero-order chi connectivity index (χ0) is 15.6. The first kappa shape index (κ1) is 16.2. The van der Waals surface area contributed by atoms with Crippen molar-refractivity contribution in [2.75, 3.05) is 6.61 Å². The van der Waals surface area contributed by atoms with Crippen molar-refractivity contribution in [1.82, 2.24) is 0 Å². The molecular weight excluding hydrogens is 274 g/mol. The van der Waals surface area contributed by atoms with Gasteiger partial charge in [-0.15, -0.1) is 0 Å². The van der Waals surface area contributed by atoms with Gasteiger partial charge in [-0.25, -0.2) is 0 Å². The van der Waals surface area contributed by atoms with E-state index >= 15 is 0 Å². The lowest BCUT2D eigenvalue weighted by Crippen LogP contribution is -2.08. The first-order valence-corrected chi connectivity index (χ1v) is 7.74. The van der Waals surface area contributed by atoms with Gasteiger partial charge >= 0.3 is 0 Å². The number of oxime groups is 1. The summed E-state index contributed by atoms with van der Waals surface area (Å²) < 4.78 is 0. The maximum absolute atomic E-state index is 10.1. The third-order valence-electron chi connectivity index (χ3n) is 3.40. The maximum Gasteiger partial charge on any atom is 0.147 e. The summed E-state index contributed by atoms with van der Waals surface area (Å²) in [6.45, 7) is 2.30. The highest BCUT2D eigenvalue weighted by Gasteiger charge is 2.08. The number of hydrogen-bond acceptors (Lipinski definition) is 3. The van der Waals surface area contributed by atoms with Gasteiger partial charge in [-0.05, 0) is 17.5 Å². The molecule has 0 aliphatic carbocycles. The van der Waals surface area contributed by atoms with Crippen LogP contribution in [0.4, 0.5) is 0 Å². The van der Waals surface area contributed by atoms with Crippen molar-refractivity contribution in [1.29, 1.82) is 0 Å². The first-order valence-electron chi connectivity index (χ1n) is 7.74. The van der Waals surface area contributed by atoms with Crippen LogP contribution in [0, 0.1) is 0 Å². The van der Waals surface area contributed by atoms with Gasteiger partial charge in [-0.3, -0.25) is 0 Å². The molecule has 1 N–H and O–H groups in total. The van der Waals surface area contributed by atoms with Crippen molar-refractivity contribution in [3.63, 3.8) is 0 Å². The summed E-state index contributed by atoms with van der Waals surface area (Å²) >= 11 is 0. The van der Waals surface area contributed by atoms with Gasteiger partial charge in [0, 0.05) is 6.42 Å². The molecular formula is C19H23NO2. The fraction of sp³-hybridized carbons (Fsp3) is 0.316. The smallest absolute Gasteiger partial charge is 0.147 e. The molecule has 2 aromatic carbocycles. The van der Waals surface area contributed by atoms with Gasteiger partial charge in [-0.1, -0.05) is 79.2 Å². The molecule has 0 saturated carbocycles. The molecule has 0 bridgehead atoms. The van der Waals surface area contributed by atoms with Gasteiger partial charge in [0.15, 0.2) is 0 Å². The Morgan fingerprint density at radius 2 is 1.68 bits per heavy atom. The van der Waals surface area contributed by atoms with Crippen LogP contribution in [0.2, 0.25) is 0 Å². The van der Waals surface area contributed by atoms with Crippen molar-refractivity contribution in [3.05, 3.63) is 71.8 Å². The van der Waals surface area contributed by atoms with E-state index in [9.17, 15) is 5.11 Å². The molecule has 0 aliphatic rings. The summed E-state index contributed by atoms with van der Waals surface area (Å²) in [6, 6.07) is 19.7. The zero-order valence-corrected chi connectivity index (χ0v) is 13.0. The number of benzene rings is 2. The minimum atomic E-state index is -0.649. The average molecular weight is 297 g/mol. The predicted molar refractivity (Wildman–Crippen MR) is 89.8 cm³/mol. The average Bonchev–Trinajstić information content (AvgIpc) is 2.56. The first-order chi connectivity index (χ1) is 10.8. The van der Waals surface area contributed by atoms with Crippen LogP contribution in [0.1, 0.15) is 37.0 Å². The summed E-state index contributed by atoms with van der Waals surface area (Å²) in [7, 11) is 0. The van der Waals surface area contributed by atoms with Crippen LogP contribution >= 0.6 is 0 Å². The Hall–Kier alpha value is -2.13. The molecule has 2 rings (SSSR count). The summed E-state index contributed by atoms with van der Waals surface area (Å²) in [6.07, 6.45) is 2.06. The Balaban J connectivity index is 1.90. The van der Waals surface area contributed by atoms with Crippen LogP contribution in [0.5, 0.6) is 0 Å². The molecule has 0 heterocycles. The molecule has 3 heteroatoms. The summed E-state index contributed by atoms with van der Waals surface area (Å²) in [5, 5.41) is 14.3. The highest BCUT2D eigenvalue weighted by molar-refractivity contribution is 5.86. The minimum absolute atomic E-state index is 0.173. The molecule has 0 radical (unpaired) electrons. The summed E-state index contributed by atoms with van der Waals surface area (Å²) in [5.74, 6) is 0. The van der Waals surface area contributed by atoms with Gasteiger partial charge in [0.2, 0.25) is 0 Å². The number of hydrogen-bond donors (Lipinski definition) is 1. The molecule has 2 aromatic rings. The van der Waals surface area contributed by atoms with E-state index in [-0.39, 0.29) is 6.61 Å². The van der Waals surface area contributed by atoms with E-state index in [1.807, 2.05) is 48.5 Å². The monoisotopic (exact) mass is 297 g/mol. The highest BCUT2D eigenvalue weighted by Crippen LogP contribution is 2.13. The molecule has 0 aliphatic heterocycles. The minimum Gasteiger partial charge on any atom is -0.393 e. The third kappa shape index (κ3) is 5.34. The second kappa shape index (κ2) is 9.00. The predicted octanol–water partition coefficient (Wildman–Crippen LogP) is 4.14. The van der Waals surface area contributed by atoms with E-state index in [0.29, 0.717) is 0 Å². The van der Waals surface area contributed by atoms with E-state index in [1.165, 1.54) is 5.56 Å². The van der Waals surface area contributed by atoms with Crippen LogP contribution in [0.15, 0.2) is 65.8 Å². The molecule has 0 saturated heterocycles. The van der Waals surface area contributed by atoms with Gasteiger partial charge in [-0.2, -0.15) is 0 Å². The molecule has 0 aromatic heterocycles. The van der Waals surface area contributed by atoms with Gasteiger partial charge in [0.1, 0.15) is 12.7 Å². The van der Waals surface area contributed by atoms with Crippen molar-refractivity contribution >= 4 is 5.71 Å². The Bertz CT molecular complexity index is 567. The van der Waals surface area contributed by atoms with Crippen LogP contribution in [-0.2, 0) is 11.3 Å². The zero-order valence-electron chi connectivity index (χ0n) is 13.0. The number of aliphatic hydroxyl groups is 1. The second-order valence-electron chi connectivity index (χ2n) is 5.29. The quantitative estimate of drug-likeness (QED) is 0.588. The molecule has 0 spiro atoms. The standard InChI is InChI=1S/C19H23NO2/c1-2-9-18(14-16-10-5-3-6-11-16)20-22-15-19(21)17-12-7-4-8-13-17/h3-8,10-13,19,21H,2,9,14-15H2,1H3/b20-18-/t19-/m1/s1. The van der Waals surface area contributed by atoms with Crippen molar-refractivity contribution < 1.29 is 9.94 Å². The molecule has 0 fully saturated rings. The van der Waals surface area contributed by atoms with E-state index in [0.717, 1.165) is 30.5 Å². The van der Waals surface area contributed by atoms with E-state index in [4.69, 9.17) is 4.84 Å². The Morgan fingerprint density at radius 3 is 2.32 bits per heavy atom. The SMILES string of the molecule is CCC/C(Cc1ccccc1)=N/OC[C@@H](O)c1ccccc1. The van der Waals surface area contributed by atoms with Crippen LogP contribution in [-0.4, -0.2) is 17.4 Å². The molecule has 0 amide bonds. The normalized spacial score (nSPS) is 12.9. The maximum atomic E-state index is 10.1. The Kier molecular flexibility index (Phi) is 6.65. The number of rotatable bonds is 8. The Morgan fingerprint density at radius 1 is 1.05 bits per heavy atom. The fourth-order valence-electron chi connectivity index (χ4n) is 2.26. The van der Waals surface area contributed by atoms with Gasteiger partial charge < -0.3 is 9.94 Å². The largest absolute Gasteiger partial charge is 0.393 e. The summed E-state index contributed by atoms with van der Waals surface area (Å²) in [4.78, 5) is 5.37.